The largest absolute Gasteiger partial charge is 0.393 e. The third-order valence-corrected chi connectivity index (χ3v) is 5.09. The summed E-state index contributed by atoms with van der Waals surface area (Å²) in [4.78, 5) is 13.4. The number of hydrogen-bond donors (Lipinski definition) is 1. The number of fused-ring (bicyclic) bond motifs is 2. The first-order valence-electron chi connectivity index (χ1n) is 9.43. The van der Waals surface area contributed by atoms with E-state index < -0.39 is 0 Å². The molecular weight excluding hydrogens is 334 g/mol. The van der Waals surface area contributed by atoms with E-state index in [1.165, 1.54) is 0 Å². The van der Waals surface area contributed by atoms with Crippen molar-refractivity contribution >= 4 is 27.5 Å². The van der Waals surface area contributed by atoms with Gasteiger partial charge < -0.3 is 9.67 Å². The number of carbonyl (C=O) groups excluding carboxylic acids is 1. The van der Waals surface area contributed by atoms with Crippen LogP contribution in [0, 0.1) is 0 Å². The molecule has 0 radical (unpaired) electrons. The second-order valence-corrected chi connectivity index (χ2v) is 7.10. The molecular formula is C24H23NO2. The van der Waals surface area contributed by atoms with Gasteiger partial charge in [0.05, 0.1) is 6.10 Å². The lowest BCUT2D eigenvalue weighted by Gasteiger charge is -2.06. The predicted octanol–water partition coefficient (Wildman–Crippen LogP) is 5.19. The van der Waals surface area contributed by atoms with Crippen molar-refractivity contribution in [3.05, 3.63) is 84.1 Å². The number of para-hydroxylation sites is 1. The lowest BCUT2D eigenvalue weighted by molar-refractivity contribution is 0.104. The van der Waals surface area contributed by atoms with Crippen LogP contribution in [0.1, 0.15) is 35.7 Å². The third-order valence-electron chi connectivity index (χ3n) is 5.09. The van der Waals surface area contributed by atoms with E-state index in [1.807, 2.05) is 73.8 Å². The highest BCUT2D eigenvalue weighted by atomic mass is 16.3. The lowest BCUT2D eigenvalue weighted by Crippen LogP contribution is -2.04. The summed E-state index contributed by atoms with van der Waals surface area (Å²) in [5, 5.41) is 12.6. The van der Waals surface area contributed by atoms with E-state index in [-0.39, 0.29) is 11.9 Å². The monoisotopic (exact) mass is 357 g/mol. The first-order chi connectivity index (χ1) is 13.1. The van der Waals surface area contributed by atoms with Gasteiger partial charge in [-0.2, -0.15) is 0 Å². The molecule has 3 aromatic carbocycles. The summed E-state index contributed by atoms with van der Waals surface area (Å²) in [6.07, 6.45) is 3.29. The molecule has 3 heteroatoms. The van der Waals surface area contributed by atoms with Gasteiger partial charge in [0.25, 0.3) is 0 Å². The van der Waals surface area contributed by atoms with Crippen molar-refractivity contribution in [2.45, 2.75) is 32.4 Å². The molecule has 0 bridgehead atoms. The molecule has 1 heterocycles. The smallest absolute Gasteiger partial charge is 0.195 e. The zero-order valence-electron chi connectivity index (χ0n) is 15.4. The normalized spacial score (nSPS) is 12.5. The molecule has 0 spiro atoms. The molecule has 0 fully saturated rings. The van der Waals surface area contributed by atoms with Crippen LogP contribution in [0.25, 0.3) is 21.7 Å². The maximum Gasteiger partial charge on any atom is 0.195 e. The van der Waals surface area contributed by atoms with E-state index in [9.17, 15) is 9.90 Å². The van der Waals surface area contributed by atoms with Crippen LogP contribution >= 0.6 is 0 Å². The average Bonchev–Trinajstić information content (AvgIpc) is 3.06. The minimum absolute atomic E-state index is 0.0530. The number of hydrogen-bond acceptors (Lipinski definition) is 2. The van der Waals surface area contributed by atoms with Crippen molar-refractivity contribution in [2.24, 2.45) is 0 Å². The Kier molecular flexibility index (Phi) is 4.78. The highest BCUT2D eigenvalue weighted by molar-refractivity contribution is 6.21. The molecule has 3 nitrogen and oxygen atoms in total. The van der Waals surface area contributed by atoms with Gasteiger partial charge in [0.2, 0.25) is 0 Å². The Morgan fingerprint density at radius 1 is 0.926 bits per heavy atom. The average molecular weight is 357 g/mol. The van der Waals surface area contributed by atoms with E-state index in [2.05, 4.69) is 10.6 Å². The molecule has 27 heavy (non-hydrogen) atoms. The van der Waals surface area contributed by atoms with Crippen molar-refractivity contribution in [1.82, 2.24) is 4.57 Å². The number of carbonyl (C=O) groups is 1. The quantitative estimate of drug-likeness (QED) is 0.483. The second-order valence-electron chi connectivity index (χ2n) is 7.10. The summed E-state index contributed by atoms with van der Waals surface area (Å²) in [5.41, 5.74) is 2.53. The zero-order valence-corrected chi connectivity index (χ0v) is 15.4. The van der Waals surface area contributed by atoms with Gasteiger partial charge in [-0.25, -0.2) is 0 Å². The van der Waals surface area contributed by atoms with Gasteiger partial charge in [-0.3, -0.25) is 4.79 Å². The Balaban J connectivity index is 1.78. The summed E-state index contributed by atoms with van der Waals surface area (Å²) in [5.74, 6) is 0.0530. The molecule has 0 aliphatic carbocycles. The molecule has 1 atom stereocenters. The Hall–Kier alpha value is -2.91. The SMILES string of the molecule is C[C@H](O)CCCn1cc(C(=O)c2cccc3ccccc23)c2ccccc21. The van der Waals surface area contributed by atoms with E-state index in [4.69, 9.17) is 0 Å². The molecule has 0 unspecified atom stereocenters. The van der Waals surface area contributed by atoms with E-state index in [0.29, 0.717) is 0 Å². The van der Waals surface area contributed by atoms with E-state index >= 15 is 0 Å². The van der Waals surface area contributed by atoms with E-state index in [1.54, 1.807) is 0 Å². The van der Waals surface area contributed by atoms with Crippen molar-refractivity contribution in [1.29, 1.82) is 0 Å². The number of rotatable bonds is 6. The van der Waals surface area contributed by atoms with Crippen LogP contribution in [0.4, 0.5) is 0 Å². The highest BCUT2D eigenvalue weighted by Gasteiger charge is 2.18. The fourth-order valence-corrected chi connectivity index (χ4v) is 3.74. The van der Waals surface area contributed by atoms with Crippen LogP contribution in [0.2, 0.25) is 0 Å². The van der Waals surface area contributed by atoms with Gasteiger partial charge in [0.15, 0.2) is 5.78 Å². The van der Waals surface area contributed by atoms with Gasteiger partial charge in [0, 0.05) is 34.8 Å². The van der Waals surface area contributed by atoms with Crippen molar-refractivity contribution in [3.8, 4) is 0 Å². The van der Waals surface area contributed by atoms with Crippen LogP contribution in [0.3, 0.4) is 0 Å². The van der Waals surface area contributed by atoms with Crippen LogP contribution < -0.4 is 0 Å². The maximum atomic E-state index is 13.4. The number of aliphatic hydroxyl groups excluding tert-OH is 1. The molecule has 1 N–H and O–H groups in total. The Bertz CT molecular complexity index is 1100. The van der Waals surface area contributed by atoms with Gasteiger partial charge in [-0.15, -0.1) is 0 Å². The van der Waals surface area contributed by atoms with Gasteiger partial charge in [-0.1, -0.05) is 60.7 Å². The highest BCUT2D eigenvalue weighted by Crippen LogP contribution is 2.27. The van der Waals surface area contributed by atoms with Gasteiger partial charge >= 0.3 is 0 Å². The number of ketones is 1. The molecule has 0 saturated heterocycles. The molecule has 0 aliphatic heterocycles. The van der Waals surface area contributed by atoms with Crippen molar-refractivity contribution in [2.75, 3.05) is 0 Å². The number of aromatic nitrogens is 1. The Morgan fingerprint density at radius 2 is 1.63 bits per heavy atom. The first-order valence-corrected chi connectivity index (χ1v) is 9.43. The number of benzene rings is 3. The van der Waals surface area contributed by atoms with Gasteiger partial charge in [-0.05, 0) is 36.6 Å². The summed E-state index contributed by atoms with van der Waals surface area (Å²) < 4.78 is 2.13. The number of aliphatic hydroxyl groups is 1. The van der Waals surface area contributed by atoms with Crippen LogP contribution in [-0.2, 0) is 6.54 Å². The standard InChI is InChI=1S/C24H23NO2/c1-17(26)8-7-15-25-16-22(20-12-4-5-14-23(20)25)24(27)21-13-6-10-18-9-2-3-11-19(18)21/h2-6,9-14,16-17,26H,7-8,15H2,1H3/t17-/m0/s1. The summed E-state index contributed by atoms with van der Waals surface area (Å²) in [6.45, 7) is 2.59. The Morgan fingerprint density at radius 3 is 2.44 bits per heavy atom. The van der Waals surface area contributed by atoms with Crippen molar-refractivity contribution < 1.29 is 9.90 Å². The minimum Gasteiger partial charge on any atom is -0.393 e. The fraction of sp³-hybridized carbons (Fsp3) is 0.208. The summed E-state index contributed by atoms with van der Waals surface area (Å²) >= 11 is 0. The number of nitrogens with zero attached hydrogens (tertiary/aromatic N) is 1. The zero-order chi connectivity index (χ0) is 18.8. The summed E-state index contributed by atoms with van der Waals surface area (Å²) in [7, 11) is 0. The first kappa shape index (κ1) is 17.5. The second kappa shape index (κ2) is 7.37. The summed E-state index contributed by atoms with van der Waals surface area (Å²) in [6, 6.07) is 21.9. The molecule has 0 saturated carbocycles. The van der Waals surface area contributed by atoms with Crippen molar-refractivity contribution in [3.63, 3.8) is 0 Å². The molecule has 0 aliphatic rings. The predicted molar refractivity (Wildman–Crippen MR) is 110 cm³/mol. The molecule has 1 aromatic heterocycles. The molecule has 136 valence electrons. The molecule has 4 rings (SSSR count). The Labute approximate surface area is 158 Å². The number of aryl methyl sites for hydroxylation is 1. The fourth-order valence-electron chi connectivity index (χ4n) is 3.74. The van der Waals surface area contributed by atoms with Gasteiger partial charge in [0.1, 0.15) is 0 Å². The van der Waals surface area contributed by atoms with E-state index in [0.717, 1.165) is 52.2 Å². The lowest BCUT2D eigenvalue weighted by atomic mass is 9.97. The topological polar surface area (TPSA) is 42.2 Å². The molecule has 4 aromatic rings. The molecule has 0 amide bonds. The maximum absolute atomic E-state index is 13.4. The van der Waals surface area contributed by atoms with Crippen LogP contribution in [0.5, 0.6) is 0 Å². The minimum atomic E-state index is -0.302. The van der Waals surface area contributed by atoms with Crippen LogP contribution in [-0.4, -0.2) is 21.6 Å². The third kappa shape index (κ3) is 3.38. The van der Waals surface area contributed by atoms with Crippen LogP contribution in [0.15, 0.2) is 72.9 Å².